The number of furan rings is 1. The lowest BCUT2D eigenvalue weighted by Crippen LogP contribution is -1.95. The molecule has 0 aliphatic heterocycles. The molecular weight excluding hydrogens is 284 g/mol. The van der Waals surface area contributed by atoms with Crippen molar-refractivity contribution >= 4 is 28.7 Å². The van der Waals surface area contributed by atoms with E-state index < -0.39 is 5.97 Å². The van der Waals surface area contributed by atoms with Crippen LogP contribution in [0.3, 0.4) is 0 Å². The van der Waals surface area contributed by atoms with E-state index in [0.717, 1.165) is 16.0 Å². The van der Waals surface area contributed by atoms with E-state index in [0.29, 0.717) is 11.1 Å². The van der Waals surface area contributed by atoms with Gasteiger partial charge in [-0.15, -0.1) is 11.8 Å². The van der Waals surface area contributed by atoms with Crippen molar-refractivity contribution in [1.82, 2.24) is 0 Å². The monoisotopic (exact) mass is 298 g/mol. The van der Waals surface area contributed by atoms with Crippen molar-refractivity contribution in [2.75, 3.05) is 0 Å². The standard InChI is InChI=1S/C17H14O3S/c1-11-14-9-13(21-10-12-5-3-2-4-6-12)7-8-15(14)20-16(11)17(18)19/h2-9H,10H2,1H3,(H,18,19). The molecule has 3 nitrogen and oxygen atoms in total. The van der Waals surface area contributed by atoms with Crippen LogP contribution in [0.15, 0.2) is 57.8 Å². The maximum Gasteiger partial charge on any atom is 0.372 e. The minimum Gasteiger partial charge on any atom is -0.475 e. The maximum absolute atomic E-state index is 11.1. The van der Waals surface area contributed by atoms with Gasteiger partial charge in [-0.2, -0.15) is 0 Å². The van der Waals surface area contributed by atoms with E-state index in [-0.39, 0.29) is 5.76 Å². The van der Waals surface area contributed by atoms with Crippen LogP contribution in [0.4, 0.5) is 0 Å². The molecule has 0 fully saturated rings. The number of carboxylic acid groups (broad SMARTS) is 1. The maximum atomic E-state index is 11.1. The molecule has 4 heteroatoms. The summed E-state index contributed by atoms with van der Waals surface area (Å²) in [4.78, 5) is 12.2. The van der Waals surface area contributed by atoms with Gasteiger partial charge in [-0.3, -0.25) is 0 Å². The van der Waals surface area contributed by atoms with Crippen LogP contribution in [0.5, 0.6) is 0 Å². The number of fused-ring (bicyclic) bond motifs is 1. The van der Waals surface area contributed by atoms with Crippen LogP contribution in [-0.2, 0) is 5.75 Å². The largest absolute Gasteiger partial charge is 0.475 e. The van der Waals surface area contributed by atoms with Crippen molar-refractivity contribution in [1.29, 1.82) is 0 Å². The van der Waals surface area contributed by atoms with E-state index in [9.17, 15) is 4.79 Å². The molecule has 106 valence electrons. The molecule has 0 amide bonds. The van der Waals surface area contributed by atoms with Crippen molar-refractivity contribution < 1.29 is 14.3 Å². The lowest BCUT2D eigenvalue weighted by Gasteiger charge is -2.02. The van der Waals surface area contributed by atoms with E-state index in [1.807, 2.05) is 36.4 Å². The van der Waals surface area contributed by atoms with Gasteiger partial charge < -0.3 is 9.52 Å². The van der Waals surface area contributed by atoms with Gasteiger partial charge in [-0.25, -0.2) is 4.79 Å². The topological polar surface area (TPSA) is 50.4 Å². The van der Waals surface area contributed by atoms with Crippen LogP contribution < -0.4 is 0 Å². The van der Waals surface area contributed by atoms with Crippen molar-refractivity contribution in [2.45, 2.75) is 17.6 Å². The Morgan fingerprint density at radius 3 is 2.67 bits per heavy atom. The van der Waals surface area contributed by atoms with Gasteiger partial charge in [-0.1, -0.05) is 30.3 Å². The highest BCUT2D eigenvalue weighted by atomic mass is 32.2. The Morgan fingerprint density at radius 2 is 1.95 bits per heavy atom. The summed E-state index contributed by atoms with van der Waals surface area (Å²) in [6.45, 7) is 1.78. The van der Waals surface area contributed by atoms with Crippen molar-refractivity contribution in [2.24, 2.45) is 0 Å². The molecule has 21 heavy (non-hydrogen) atoms. The molecule has 2 aromatic carbocycles. The van der Waals surface area contributed by atoms with Crippen LogP contribution >= 0.6 is 11.8 Å². The first kappa shape index (κ1) is 13.8. The summed E-state index contributed by atoms with van der Waals surface area (Å²) < 4.78 is 5.37. The van der Waals surface area contributed by atoms with Gasteiger partial charge in [0, 0.05) is 21.6 Å². The summed E-state index contributed by atoms with van der Waals surface area (Å²) in [5, 5.41) is 9.96. The quantitative estimate of drug-likeness (QED) is 0.707. The normalized spacial score (nSPS) is 10.9. The Bertz CT molecular complexity index is 790. The fourth-order valence-electron chi connectivity index (χ4n) is 2.23. The Kier molecular flexibility index (Phi) is 3.71. The molecule has 0 spiro atoms. The zero-order valence-electron chi connectivity index (χ0n) is 11.5. The molecule has 1 aromatic heterocycles. The van der Waals surface area contributed by atoms with Crippen LogP contribution in [0.1, 0.15) is 21.7 Å². The molecule has 3 rings (SSSR count). The third kappa shape index (κ3) is 2.81. The highest BCUT2D eigenvalue weighted by molar-refractivity contribution is 7.98. The Balaban J connectivity index is 1.87. The van der Waals surface area contributed by atoms with Crippen LogP contribution in [0, 0.1) is 6.92 Å². The molecule has 0 saturated heterocycles. The molecule has 1 heterocycles. The summed E-state index contributed by atoms with van der Waals surface area (Å²) in [5.74, 6) is -0.118. The first-order valence-corrected chi connectivity index (χ1v) is 7.57. The van der Waals surface area contributed by atoms with Crippen molar-refractivity contribution in [3.63, 3.8) is 0 Å². The van der Waals surface area contributed by atoms with Crippen LogP contribution in [-0.4, -0.2) is 11.1 Å². The Labute approximate surface area is 126 Å². The van der Waals surface area contributed by atoms with Crippen molar-refractivity contribution in [3.8, 4) is 0 Å². The fraction of sp³-hybridized carbons (Fsp3) is 0.118. The number of hydrogen-bond donors (Lipinski definition) is 1. The lowest BCUT2D eigenvalue weighted by atomic mass is 10.1. The number of aromatic carboxylic acids is 1. The number of aryl methyl sites for hydroxylation is 1. The number of carboxylic acids is 1. The first-order chi connectivity index (χ1) is 10.1. The summed E-state index contributed by atoms with van der Waals surface area (Å²) >= 11 is 1.73. The Hall–Kier alpha value is -2.20. The average Bonchev–Trinajstić information content (AvgIpc) is 2.83. The zero-order valence-corrected chi connectivity index (χ0v) is 12.3. The lowest BCUT2D eigenvalue weighted by molar-refractivity contribution is 0.0664. The second kappa shape index (κ2) is 5.66. The van der Waals surface area contributed by atoms with Gasteiger partial charge in [0.05, 0.1) is 0 Å². The summed E-state index contributed by atoms with van der Waals surface area (Å²) in [6.07, 6.45) is 0. The van der Waals surface area contributed by atoms with Gasteiger partial charge in [0.2, 0.25) is 5.76 Å². The fourth-order valence-corrected chi connectivity index (χ4v) is 3.13. The van der Waals surface area contributed by atoms with Gasteiger partial charge in [0.25, 0.3) is 0 Å². The van der Waals surface area contributed by atoms with E-state index in [2.05, 4.69) is 12.1 Å². The second-order valence-corrected chi connectivity index (χ2v) is 5.84. The zero-order chi connectivity index (χ0) is 14.8. The van der Waals surface area contributed by atoms with E-state index >= 15 is 0 Å². The highest BCUT2D eigenvalue weighted by Gasteiger charge is 2.16. The smallest absolute Gasteiger partial charge is 0.372 e. The Morgan fingerprint density at radius 1 is 1.19 bits per heavy atom. The third-order valence-corrected chi connectivity index (χ3v) is 4.42. The highest BCUT2D eigenvalue weighted by Crippen LogP contribution is 2.31. The predicted octanol–water partition coefficient (Wildman–Crippen LogP) is 4.73. The van der Waals surface area contributed by atoms with Crippen molar-refractivity contribution in [3.05, 3.63) is 65.4 Å². The summed E-state index contributed by atoms with van der Waals surface area (Å²) in [5.41, 5.74) is 2.56. The number of carbonyl (C=O) groups is 1. The van der Waals surface area contributed by atoms with E-state index in [1.54, 1.807) is 18.7 Å². The van der Waals surface area contributed by atoms with E-state index in [4.69, 9.17) is 9.52 Å². The number of hydrogen-bond acceptors (Lipinski definition) is 3. The SMILES string of the molecule is Cc1c(C(=O)O)oc2ccc(SCc3ccccc3)cc12. The summed E-state index contributed by atoms with van der Waals surface area (Å²) in [6, 6.07) is 16.0. The molecular formula is C17H14O3S. The predicted molar refractivity (Wildman–Crippen MR) is 83.9 cm³/mol. The van der Waals surface area contributed by atoms with Gasteiger partial charge in [0.1, 0.15) is 5.58 Å². The molecule has 0 aliphatic carbocycles. The van der Waals surface area contributed by atoms with Crippen LogP contribution in [0.25, 0.3) is 11.0 Å². The molecule has 0 saturated carbocycles. The molecule has 0 unspecified atom stereocenters. The van der Waals surface area contributed by atoms with Crippen LogP contribution in [0.2, 0.25) is 0 Å². The third-order valence-electron chi connectivity index (χ3n) is 3.35. The van der Waals surface area contributed by atoms with Gasteiger partial charge in [-0.05, 0) is 30.7 Å². The summed E-state index contributed by atoms with van der Waals surface area (Å²) in [7, 11) is 0. The van der Waals surface area contributed by atoms with E-state index in [1.165, 1.54) is 5.56 Å². The second-order valence-electron chi connectivity index (χ2n) is 4.79. The molecule has 1 N–H and O–H groups in total. The molecule has 0 atom stereocenters. The average molecular weight is 298 g/mol. The van der Waals surface area contributed by atoms with Gasteiger partial charge >= 0.3 is 5.97 Å². The molecule has 0 bridgehead atoms. The minimum absolute atomic E-state index is 0.0233. The molecule has 0 aliphatic rings. The number of thioether (sulfide) groups is 1. The first-order valence-electron chi connectivity index (χ1n) is 6.58. The molecule has 0 radical (unpaired) electrons. The molecule has 3 aromatic rings. The van der Waals surface area contributed by atoms with Gasteiger partial charge in [0.15, 0.2) is 0 Å². The number of benzene rings is 2. The minimum atomic E-state index is -1.03. The number of rotatable bonds is 4.